The molecule has 5 heteroatoms. The number of rotatable bonds is 4. The molecule has 2 aromatic carbocycles. The highest BCUT2D eigenvalue weighted by molar-refractivity contribution is 14.1. The zero-order chi connectivity index (χ0) is 13.7. The summed E-state index contributed by atoms with van der Waals surface area (Å²) >= 11 is 2.27. The molecule has 2 rings (SSSR count). The van der Waals surface area contributed by atoms with Crippen molar-refractivity contribution < 1.29 is 9.94 Å². The Morgan fingerprint density at radius 3 is 2.32 bits per heavy atom. The molecule has 0 saturated carbocycles. The van der Waals surface area contributed by atoms with Crippen molar-refractivity contribution in [1.29, 1.82) is 0 Å². The van der Waals surface area contributed by atoms with Gasteiger partial charge in [-0.05, 0) is 64.6 Å². The summed E-state index contributed by atoms with van der Waals surface area (Å²) in [5.74, 6) is 0.831. The van der Waals surface area contributed by atoms with Crippen LogP contribution in [-0.4, -0.2) is 11.0 Å². The first kappa shape index (κ1) is 13.7. The summed E-state index contributed by atoms with van der Waals surface area (Å²) in [6.45, 7) is 0.514. The minimum atomic E-state index is 0.0872. The number of halogens is 1. The minimum absolute atomic E-state index is 0.0872. The van der Waals surface area contributed by atoms with Gasteiger partial charge in [-0.1, -0.05) is 17.3 Å². The molecule has 0 aromatic heterocycles. The number of oxime groups is 1. The van der Waals surface area contributed by atoms with Crippen molar-refractivity contribution in [3.63, 3.8) is 0 Å². The average molecular weight is 368 g/mol. The van der Waals surface area contributed by atoms with Crippen LogP contribution in [-0.2, 0) is 6.61 Å². The highest BCUT2D eigenvalue weighted by Crippen LogP contribution is 2.15. The number of hydrogen-bond donors (Lipinski definition) is 2. The smallest absolute Gasteiger partial charge is 0.170 e. The quantitative estimate of drug-likeness (QED) is 0.287. The fourth-order valence-corrected chi connectivity index (χ4v) is 1.89. The van der Waals surface area contributed by atoms with Gasteiger partial charge in [0.1, 0.15) is 12.4 Å². The van der Waals surface area contributed by atoms with E-state index in [1.807, 2.05) is 24.3 Å². The third-order valence-electron chi connectivity index (χ3n) is 2.58. The van der Waals surface area contributed by atoms with Gasteiger partial charge < -0.3 is 15.7 Å². The van der Waals surface area contributed by atoms with Crippen LogP contribution in [0.15, 0.2) is 53.7 Å². The number of amidine groups is 1. The van der Waals surface area contributed by atoms with E-state index in [1.54, 1.807) is 24.3 Å². The molecule has 0 amide bonds. The van der Waals surface area contributed by atoms with Crippen LogP contribution in [0, 0.1) is 3.57 Å². The van der Waals surface area contributed by atoms with E-state index in [2.05, 4.69) is 27.7 Å². The lowest BCUT2D eigenvalue weighted by Crippen LogP contribution is -2.12. The van der Waals surface area contributed by atoms with E-state index < -0.39 is 0 Å². The third-order valence-corrected chi connectivity index (χ3v) is 3.30. The predicted octanol–water partition coefficient (Wildman–Crippen LogP) is 2.96. The molecule has 3 N–H and O–H groups in total. The van der Waals surface area contributed by atoms with Crippen molar-refractivity contribution in [2.45, 2.75) is 6.61 Å². The predicted molar refractivity (Wildman–Crippen MR) is 82.4 cm³/mol. The van der Waals surface area contributed by atoms with Gasteiger partial charge >= 0.3 is 0 Å². The average Bonchev–Trinajstić information content (AvgIpc) is 2.46. The van der Waals surface area contributed by atoms with Gasteiger partial charge in [-0.3, -0.25) is 0 Å². The van der Waals surface area contributed by atoms with Gasteiger partial charge in [0.2, 0.25) is 0 Å². The zero-order valence-electron chi connectivity index (χ0n) is 10.1. The van der Waals surface area contributed by atoms with Gasteiger partial charge in [0.15, 0.2) is 5.84 Å². The van der Waals surface area contributed by atoms with Crippen LogP contribution in [0.25, 0.3) is 0 Å². The lowest BCUT2D eigenvalue weighted by atomic mass is 10.2. The zero-order valence-corrected chi connectivity index (χ0v) is 12.2. The monoisotopic (exact) mass is 368 g/mol. The van der Waals surface area contributed by atoms with Crippen LogP contribution in [0.2, 0.25) is 0 Å². The lowest BCUT2D eigenvalue weighted by molar-refractivity contribution is 0.306. The standard InChI is InChI=1S/C14H13IN2O2/c15-12-5-1-10(2-6-12)9-19-13-7-3-11(4-8-13)14(16)17-18/h1-8,18H,9H2,(H2,16,17). The van der Waals surface area contributed by atoms with E-state index in [0.29, 0.717) is 12.2 Å². The molecule has 0 atom stereocenters. The number of nitrogens with zero attached hydrogens (tertiary/aromatic N) is 1. The maximum Gasteiger partial charge on any atom is 0.170 e. The topological polar surface area (TPSA) is 67.8 Å². The number of ether oxygens (including phenoxy) is 1. The normalized spacial score (nSPS) is 11.3. The van der Waals surface area contributed by atoms with Crippen molar-refractivity contribution in [2.24, 2.45) is 10.9 Å². The Balaban J connectivity index is 1.98. The van der Waals surface area contributed by atoms with E-state index >= 15 is 0 Å². The van der Waals surface area contributed by atoms with Crippen molar-refractivity contribution in [1.82, 2.24) is 0 Å². The number of benzene rings is 2. The van der Waals surface area contributed by atoms with E-state index in [-0.39, 0.29) is 5.84 Å². The molecule has 0 spiro atoms. The van der Waals surface area contributed by atoms with Crippen LogP contribution in [0.5, 0.6) is 5.75 Å². The molecule has 0 unspecified atom stereocenters. The molecule has 0 aliphatic rings. The molecule has 0 aliphatic carbocycles. The van der Waals surface area contributed by atoms with Gasteiger partial charge in [-0.2, -0.15) is 0 Å². The largest absolute Gasteiger partial charge is 0.489 e. The van der Waals surface area contributed by atoms with Crippen LogP contribution in [0.3, 0.4) is 0 Å². The number of nitrogens with two attached hydrogens (primary N) is 1. The lowest BCUT2D eigenvalue weighted by Gasteiger charge is -2.07. The Morgan fingerprint density at radius 1 is 1.11 bits per heavy atom. The van der Waals surface area contributed by atoms with Gasteiger partial charge in [-0.15, -0.1) is 0 Å². The highest BCUT2D eigenvalue weighted by atomic mass is 127. The molecule has 0 fully saturated rings. The van der Waals surface area contributed by atoms with Crippen molar-refractivity contribution in [2.75, 3.05) is 0 Å². The van der Waals surface area contributed by atoms with Crippen LogP contribution < -0.4 is 10.5 Å². The van der Waals surface area contributed by atoms with E-state index in [4.69, 9.17) is 15.7 Å². The summed E-state index contributed by atoms with van der Waals surface area (Å²) in [5, 5.41) is 11.5. The first-order valence-electron chi connectivity index (χ1n) is 5.64. The SMILES string of the molecule is NC(=NO)c1ccc(OCc2ccc(I)cc2)cc1. The Bertz CT molecular complexity index is 565. The first-order valence-corrected chi connectivity index (χ1v) is 6.72. The maximum atomic E-state index is 8.56. The van der Waals surface area contributed by atoms with E-state index in [9.17, 15) is 0 Å². The summed E-state index contributed by atoms with van der Waals surface area (Å²) in [4.78, 5) is 0. The Kier molecular flexibility index (Phi) is 4.62. The molecular weight excluding hydrogens is 355 g/mol. The molecule has 0 heterocycles. The molecule has 2 aromatic rings. The molecule has 0 bridgehead atoms. The van der Waals surface area contributed by atoms with Crippen LogP contribution in [0.4, 0.5) is 0 Å². The van der Waals surface area contributed by atoms with Crippen LogP contribution in [0.1, 0.15) is 11.1 Å². The summed E-state index contributed by atoms with van der Waals surface area (Å²) in [7, 11) is 0. The highest BCUT2D eigenvalue weighted by Gasteiger charge is 2.00. The van der Waals surface area contributed by atoms with Crippen molar-refractivity contribution in [3.05, 3.63) is 63.2 Å². The van der Waals surface area contributed by atoms with E-state index in [1.165, 1.54) is 3.57 Å². The van der Waals surface area contributed by atoms with Gasteiger partial charge in [0, 0.05) is 9.13 Å². The fourth-order valence-electron chi connectivity index (χ4n) is 1.53. The second kappa shape index (κ2) is 6.42. The Hall–Kier alpha value is -1.76. The van der Waals surface area contributed by atoms with Gasteiger partial charge in [0.25, 0.3) is 0 Å². The molecule has 98 valence electrons. The Labute approximate surface area is 125 Å². The maximum absolute atomic E-state index is 8.56. The Morgan fingerprint density at radius 2 is 1.74 bits per heavy atom. The van der Waals surface area contributed by atoms with Gasteiger partial charge in [0.05, 0.1) is 0 Å². The number of hydrogen-bond acceptors (Lipinski definition) is 3. The third kappa shape index (κ3) is 3.85. The summed E-state index contributed by atoms with van der Waals surface area (Å²) in [5.41, 5.74) is 7.25. The van der Waals surface area contributed by atoms with Gasteiger partial charge in [-0.25, -0.2) is 0 Å². The summed E-state index contributed by atoms with van der Waals surface area (Å²) in [6.07, 6.45) is 0. The summed E-state index contributed by atoms with van der Waals surface area (Å²) in [6, 6.07) is 15.2. The van der Waals surface area contributed by atoms with E-state index in [0.717, 1.165) is 11.3 Å². The van der Waals surface area contributed by atoms with Crippen molar-refractivity contribution in [3.8, 4) is 5.75 Å². The van der Waals surface area contributed by atoms with Crippen LogP contribution >= 0.6 is 22.6 Å². The minimum Gasteiger partial charge on any atom is -0.489 e. The molecule has 0 radical (unpaired) electrons. The molecule has 0 aliphatic heterocycles. The fraction of sp³-hybridized carbons (Fsp3) is 0.0714. The molecule has 4 nitrogen and oxygen atoms in total. The summed E-state index contributed by atoms with van der Waals surface area (Å²) < 4.78 is 6.85. The van der Waals surface area contributed by atoms with Crippen molar-refractivity contribution >= 4 is 28.4 Å². The second-order valence-corrected chi connectivity index (χ2v) is 5.17. The molecule has 0 saturated heterocycles. The second-order valence-electron chi connectivity index (χ2n) is 3.92. The molecular formula is C14H13IN2O2. The first-order chi connectivity index (χ1) is 9.19. The molecule has 19 heavy (non-hydrogen) atoms.